The lowest BCUT2D eigenvalue weighted by molar-refractivity contribution is -0.150. The fourth-order valence-electron chi connectivity index (χ4n) is 5.56. The van der Waals surface area contributed by atoms with E-state index in [2.05, 4.69) is 10.6 Å². The minimum Gasteiger partial charge on any atom is -0.480 e. The summed E-state index contributed by atoms with van der Waals surface area (Å²) in [6.45, 7) is 9.39. The summed E-state index contributed by atoms with van der Waals surface area (Å²) in [5.74, 6) is -6.75. The zero-order valence-electron chi connectivity index (χ0n) is 38.7. The number of primary amides is 1. The molecule has 1 aliphatic heterocycles. The lowest BCUT2D eigenvalue weighted by atomic mass is 9.85. The van der Waals surface area contributed by atoms with Crippen LogP contribution in [0.15, 0.2) is 60.7 Å². The van der Waals surface area contributed by atoms with Gasteiger partial charge in [0.05, 0.1) is 0 Å². The molecule has 0 bridgehead atoms. The van der Waals surface area contributed by atoms with Crippen LogP contribution < -0.4 is 27.8 Å². The number of ether oxygens (including phenoxy) is 1. The van der Waals surface area contributed by atoms with Gasteiger partial charge in [0.1, 0.15) is 29.8 Å². The molecule has 2 aliphatic rings. The van der Waals surface area contributed by atoms with Crippen molar-refractivity contribution in [2.45, 2.75) is 141 Å². The van der Waals surface area contributed by atoms with Crippen molar-refractivity contribution in [2.24, 2.45) is 29.0 Å². The fourth-order valence-corrected chi connectivity index (χ4v) is 5.56. The number of carboxylic acids is 6. The van der Waals surface area contributed by atoms with Crippen molar-refractivity contribution in [3.8, 4) is 0 Å². The molecule has 2 fully saturated rings. The molecule has 1 aliphatic carbocycles. The van der Waals surface area contributed by atoms with Gasteiger partial charge in [0.25, 0.3) is 0 Å². The van der Waals surface area contributed by atoms with Crippen molar-refractivity contribution in [2.75, 3.05) is 6.54 Å². The number of hydrogen-bond acceptors (Lipinski definition) is 14. The number of aliphatic hydroxyl groups is 2. The van der Waals surface area contributed by atoms with Crippen molar-refractivity contribution >= 4 is 47.8 Å². The number of nitrogens with two attached hydrogens (primary N) is 3. The minimum absolute atomic E-state index is 0.00116. The molecule has 22 heteroatoms. The number of carbonyl (C=O) groups excluding carboxylic acids is 2. The summed E-state index contributed by atoms with van der Waals surface area (Å²) in [6, 6.07) is 14.6. The molecule has 0 spiro atoms. The van der Waals surface area contributed by atoms with Crippen LogP contribution in [0.2, 0.25) is 0 Å². The Kier molecular flexibility index (Phi) is 32.1. The molecule has 2 aromatic carbocycles. The van der Waals surface area contributed by atoms with Crippen LogP contribution in [-0.2, 0) is 44.7 Å². The first kappa shape index (κ1) is 62.9. The van der Waals surface area contributed by atoms with Gasteiger partial charge in [-0.2, -0.15) is 0 Å². The highest BCUT2D eigenvalue weighted by molar-refractivity contribution is 5.81. The summed E-state index contributed by atoms with van der Waals surface area (Å²) in [7, 11) is 0. The van der Waals surface area contributed by atoms with Crippen LogP contribution in [0.4, 0.5) is 4.79 Å². The van der Waals surface area contributed by atoms with E-state index in [1.807, 2.05) is 30.3 Å². The SMILES string of the molecule is CC(C)(C)OC(=O)N[C@@H](CCC(N)=O)C(=O)O.CC(C)[C@@H](N)C(=O)O.N[C@@H](Cc1ccccc1)C(=O)O.O=C(O)[C@@H]1CCCN1.O=C(O)[C@H](O)C1CCCCC1.O=C(O)[C@H](O)c1ccccc1. The maximum absolute atomic E-state index is 11.3. The zero-order valence-corrected chi connectivity index (χ0v) is 38.7. The van der Waals surface area contributed by atoms with Gasteiger partial charge in [0, 0.05) is 6.42 Å². The van der Waals surface area contributed by atoms with Crippen molar-refractivity contribution in [1.82, 2.24) is 10.6 Å². The maximum atomic E-state index is 11.3. The second-order valence-corrected chi connectivity index (χ2v) is 16.6. The smallest absolute Gasteiger partial charge is 0.408 e. The van der Waals surface area contributed by atoms with E-state index in [1.165, 1.54) is 6.42 Å². The van der Waals surface area contributed by atoms with E-state index in [0.29, 0.717) is 12.0 Å². The molecule has 22 nitrogen and oxygen atoms in total. The number of rotatable bonds is 15. The number of alkyl carbamates (subject to hydrolysis) is 1. The van der Waals surface area contributed by atoms with E-state index in [9.17, 15) is 38.4 Å². The van der Waals surface area contributed by atoms with Gasteiger partial charge in [-0.3, -0.25) is 19.2 Å². The number of nitrogens with one attached hydrogen (secondary N) is 2. The van der Waals surface area contributed by atoms with E-state index < -0.39 is 83.8 Å². The molecule has 16 N–H and O–H groups in total. The topological polar surface area (TPSA) is 410 Å². The quantitative estimate of drug-likeness (QED) is 0.122. The summed E-state index contributed by atoms with van der Waals surface area (Å²) in [5.41, 5.74) is 16.0. The lowest BCUT2D eigenvalue weighted by Crippen LogP contribution is -2.43. The van der Waals surface area contributed by atoms with Crippen LogP contribution in [0.1, 0.15) is 110 Å². The van der Waals surface area contributed by atoms with Crippen LogP contribution in [0.5, 0.6) is 0 Å². The molecule has 2 amide bonds. The monoisotopic (exact) mass is 953 g/mol. The Morgan fingerprint density at radius 1 is 0.716 bits per heavy atom. The highest BCUT2D eigenvalue weighted by Gasteiger charge is 2.27. The van der Waals surface area contributed by atoms with Crippen molar-refractivity contribution in [3.63, 3.8) is 0 Å². The Hall–Kier alpha value is -6.20. The van der Waals surface area contributed by atoms with Crippen molar-refractivity contribution in [1.29, 1.82) is 0 Å². The molecule has 4 rings (SSSR count). The Morgan fingerprint density at radius 3 is 1.58 bits per heavy atom. The van der Waals surface area contributed by atoms with Gasteiger partial charge in [0.15, 0.2) is 12.2 Å². The normalized spacial score (nSPS) is 16.3. The molecule has 1 saturated carbocycles. The van der Waals surface area contributed by atoms with E-state index in [1.54, 1.807) is 65.0 Å². The Balaban J connectivity index is 0. The summed E-state index contributed by atoms with van der Waals surface area (Å²) >= 11 is 0. The van der Waals surface area contributed by atoms with E-state index in [-0.39, 0.29) is 30.7 Å². The summed E-state index contributed by atoms with van der Waals surface area (Å²) < 4.78 is 4.90. The fraction of sp³-hybridized carbons (Fsp3) is 0.556. The standard InChI is InChI=1S/C10H18N2O5.C9H11NO2.C8H14O3.C8H8O3.C5H9NO2.C5H11NO2/c1-10(2,3)17-9(16)12-6(8(14)15)4-5-7(11)13;10-8(9(11)12)6-7-4-2-1-3-5-7;2*9-7(8(10)11)6-4-2-1-3-5-6;7-5(8)4-2-1-3-6-4;1-3(2)4(6)5(7)8/h6H,4-5H2,1-3H3,(H2,11,13)(H,12,16)(H,14,15);1-5,8H,6,10H2,(H,11,12);6-7,9H,1-5H2,(H,10,11);1-5,7,9H,(H,10,11);4,6H,1-3H2,(H,7,8);3-4H,6H2,1-2H3,(H,7,8)/t6-;8-;2*7-;2*4-/m001101/s1. The molecule has 67 heavy (non-hydrogen) atoms. The highest BCUT2D eigenvalue weighted by atomic mass is 16.6. The van der Waals surface area contributed by atoms with E-state index in [4.69, 9.17) is 62.8 Å². The number of amides is 2. The molecule has 1 heterocycles. The van der Waals surface area contributed by atoms with Gasteiger partial charge >= 0.3 is 41.9 Å². The van der Waals surface area contributed by atoms with Crippen molar-refractivity contribution in [3.05, 3.63) is 71.8 Å². The van der Waals surface area contributed by atoms with Crippen LogP contribution in [0.3, 0.4) is 0 Å². The third-order valence-electron chi connectivity index (χ3n) is 9.34. The maximum Gasteiger partial charge on any atom is 0.408 e. The van der Waals surface area contributed by atoms with Crippen LogP contribution in [0.25, 0.3) is 0 Å². The molecular formula is C45H71N5O17. The predicted octanol–water partition coefficient (Wildman–Crippen LogP) is 2.56. The highest BCUT2D eigenvalue weighted by Crippen LogP contribution is 2.26. The van der Waals surface area contributed by atoms with Crippen LogP contribution in [0, 0.1) is 11.8 Å². The van der Waals surface area contributed by atoms with Gasteiger partial charge in [-0.1, -0.05) is 93.8 Å². The number of carboxylic acid groups (broad SMARTS) is 6. The molecule has 0 radical (unpaired) electrons. The van der Waals surface area contributed by atoms with Crippen LogP contribution >= 0.6 is 0 Å². The molecule has 378 valence electrons. The average molecular weight is 954 g/mol. The third kappa shape index (κ3) is 32.2. The first-order valence-corrected chi connectivity index (χ1v) is 21.4. The summed E-state index contributed by atoms with van der Waals surface area (Å²) in [5, 5.41) is 73.9. The third-order valence-corrected chi connectivity index (χ3v) is 9.34. The predicted molar refractivity (Wildman–Crippen MR) is 243 cm³/mol. The first-order chi connectivity index (χ1) is 31.1. The first-order valence-electron chi connectivity index (χ1n) is 21.4. The Bertz CT molecular complexity index is 1770. The van der Waals surface area contributed by atoms with E-state index in [0.717, 1.165) is 50.6 Å². The van der Waals surface area contributed by atoms with E-state index >= 15 is 0 Å². The summed E-state index contributed by atoms with van der Waals surface area (Å²) in [6.07, 6.45) is 3.66. The lowest BCUT2D eigenvalue weighted by Gasteiger charge is -2.23. The molecule has 2 aromatic rings. The number of aliphatic hydroxyl groups excluding tert-OH is 2. The zero-order chi connectivity index (χ0) is 51.9. The molecule has 0 unspecified atom stereocenters. The number of benzene rings is 2. The van der Waals surface area contributed by atoms with Gasteiger partial charge in [-0.05, 0) is 88.8 Å². The second-order valence-electron chi connectivity index (χ2n) is 16.6. The molecule has 0 aromatic heterocycles. The number of hydrogen-bond donors (Lipinski definition) is 13. The van der Waals surface area contributed by atoms with Gasteiger partial charge in [-0.25, -0.2) is 19.2 Å². The molecule has 6 atom stereocenters. The minimum atomic E-state index is -1.41. The van der Waals surface area contributed by atoms with Crippen molar-refractivity contribution < 1.29 is 83.9 Å². The van der Waals surface area contributed by atoms with Gasteiger partial charge in [0.2, 0.25) is 5.91 Å². The molecular weight excluding hydrogens is 883 g/mol. The molecule has 1 saturated heterocycles. The Morgan fingerprint density at radius 2 is 1.24 bits per heavy atom. The number of carbonyl (C=O) groups is 8. The van der Waals surface area contributed by atoms with Gasteiger partial charge < -0.3 is 73.4 Å². The summed E-state index contributed by atoms with van der Waals surface area (Å²) in [4.78, 5) is 83.8. The average Bonchev–Trinajstić information content (AvgIpc) is 3.82. The number of aliphatic carboxylic acids is 6. The van der Waals surface area contributed by atoms with Gasteiger partial charge in [-0.15, -0.1) is 0 Å². The largest absolute Gasteiger partial charge is 0.480 e. The Labute approximate surface area is 389 Å². The van der Waals surface area contributed by atoms with Crippen LogP contribution in [-0.4, -0.2) is 131 Å². The second kappa shape index (κ2) is 34.2.